The second-order valence-electron chi connectivity index (χ2n) is 5.32. The van der Waals surface area contributed by atoms with Crippen molar-refractivity contribution in [3.8, 4) is 5.75 Å². The van der Waals surface area contributed by atoms with Crippen LogP contribution in [0.4, 0.5) is 0 Å². The van der Waals surface area contributed by atoms with Crippen molar-refractivity contribution in [1.82, 2.24) is 0 Å². The van der Waals surface area contributed by atoms with E-state index in [2.05, 4.69) is 24.4 Å². The van der Waals surface area contributed by atoms with Gasteiger partial charge in [-0.3, -0.25) is 0 Å². The van der Waals surface area contributed by atoms with E-state index in [1.54, 1.807) is 7.11 Å². The molecule has 0 aliphatic heterocycles. The topological polar surface area (TPSA) is 25.8 Å². The summed E-state index contributed by atoms with van der Waals surface area (Å²) in [5, 5.41) is 2.51. The molecule has 1 aliphatic rings. The van der Waals surface area contributed by atoms with Crippen LogP contribution in [-0.2, 0) is 6.54 Å². The number of ether oxygens (including phenoxy) is 1. The van der Waals surface area contributed by atoms with Gasteiger partial charge >= 0.3 is 0 Å². The number of quaternary nitrogens is 1. The minimum atomic E-state index is 0.834. The van der Waals surface area contributed by atoms with Crippen molar-refractivity contribution < 1.29 is 10.1 Å². The van der Waals surface area contributed by atoms with Crippen LogP contribution in [0.3, 0.4) is 0 Å². The van der Waals surface area contributed by atoms with Crippen LogP contribution in [0.1, 0.15) is 38.2 Å². The fraction of sp³-hybridized carbons (Fsp3) is 0.600. The lowest BCUT2D eigenvalue weighted by Gasteiger charge is -2.24. The van der Waals surface area contributed by atoms with Gasteiger partial charge in [-0.2, -0.15) is 0 Å². The third kappa shape index (κ3) is 3.74. The Kier molecular flexibility index (Phi) is 4.43. The van der Waals surface area contributed by atoms with Crippen molar-refractivity contribution in [2.75, 3.05) is 7.11 Å². The lowest BCUT2D eigenvalue weighted by atomic mass is 9.87. The monoisotopic (exact) mass is 234 g/mol. The van der Waals surface area contributed by atoms with Crippen LogP contribution in [0.5, 0.6) is 5.75 Å². The molecule has 0 saturated heterocycles. The van der Waals surface area contributed by atoms with Crippen LogP contribution in [0.15, 0.2) is 24.3 Å². The van der Waals surface area contributed by atoms with E-state index in [4.69, 9.17) is 4.74 Å². The second-order valence-corrected chi connectivity index (χ2v) is 5.32. The molecule has 2 N–H and O–H groups in total. The first-order valence-corrected chi connectivity index (χ1v) is 6.74. The van der Waals surface area contributed by atoms with Crippen molar-refractivity contribution in [3.05, 3.63) is 29.8 Å². The summed E-state index contributed by atoms with van der Waals surface area (Å²) in [6.07, 6.45) is 5.61. The average molecular weight is 234 g/mol. The molecular weight excluding hydrogens is 210 g/mol. The zero-order valence-corrected chi connectivity index (χ0v) is 11.0. The fourth-order valence-corrected chi connectivity index (χ4v) is 2.76. The van der Waals surface area contributed by atoms with E-state index in [-0.39, 0.29) is 0 Å². The first-order chi connectivity index (χ1) is 8.28. The molecule has 0 aromatic heterocycles. The molecule has 1 aromatic rings. The number of hydrogen-bond acceptors (Lipinski definition) is 1. The molecule has 1 fully saturated rings. The average Bonchev–Trinajstić information content (AvgIpc) is 2.37. The summed E-state index contributed by atoms with van der Waals surface area (Å²) in [4.78, 5) is 0. The lowest BCUT2D eigenvalue weighted by Crippen LogP contribution is -2.89. The van der Waals surface area contributed by atoms with Crippen LogP contribution in [-0.4, -0.2) is 13.2 Å². The van der Waals surface area contributed by atoms with Crippen molar-refractivity contribution in [1.29, 1.82) is 0 Å². The molecule has 2 heteroatoms. The summed E-state index contributed by atoms with van der Waals surface area (Å²) in [5.41, 5.74) is 1.39. The molecule has 1 aliphatic carbocycles. The zero-order valence-electron chi connectivity index (χ0n) is 11.0. The molecule has 2 nitrogen and oxygen atoms in total. The molecule has 0 spiro atoms. The van der Waals surface area contributed by atoms with Crippen LogP contribution < -0.4 is 10.1 Å². The van der Waals surface area contributed by atoms with Gasteiger partial charge < -0.3 is 10.1 Å². The van der Waals surface area contributed by atoms with Gasteiger partial charge in [0, 0.05) is 12.0 Å². The SMILES string of the molecule is COc1ccc(C[NH2+][C@@H]2CCC[C@@H](C)C2)cc1. The van der Waals surface area contributed by atoms with Gasteiger partial charge in [-0.25, -0.2) is 0 Å². The highest BCUT2D eigenvalue weighted by atomic mass is 16.5. The predicted molar refractivity (Wildman–Crippen MR) is 70.0 cm³/mol. The highest BCUT2D eigenvalue weighted by molar-refractivity contribution is 5.26. The maximum Gasteiger partial charge on any atom is 0.118 e. The molecule has 94 valence electrons. The summed E-state index contributed by atoms with van der Waals surface area (Å²) >= 11 is 0. The van der Waals surface area contributed by atoms with E-state index in [0.29, 0.717) is 0 Å². The van der Waals surface area contributed by atoms with Gasteiger partial charge in [-0.05, 0) is 43.0 Å². The normalized spacial score (nSPS) is 24.6. The molecule has 0 unspecified atom stereocenters. The van der Waals surface area contributed by atoms with Gasteiger partial charge in [0.25, 0.3) is 0 Å². The van der Waals surface area contributed by atoms with E-state index >= 15 is 0 Å². The minimum Gasteiger partial charge on any atom is -0.497 e. The Morgan fingerprint density at radius 1 is 1.24 bits per heavy atom. The van der Waals surface area contributed by atoms with Crippen molar-refractivity contribution in [2.45, 2.75) is 45.2 Å². The Bertz CT molecular complexity index is 333. The minimum absolute atomic E-state index is 0.834. The molecule has 0 amide bonds. The molecule has 17 heavy (non-hydrogen) atoms. The van der Waals surface area contributed by atoms with Crippen LogP contribution in [0.25, 0.3) is 0 Å². The van der Waals surface area contributed by atoms with Crippen molar-refractivity contribution in [3.63, 3.8) is 0 Å². The largest absolute Gasteiger partial charge is 0.497 e. The Labute approximate surface area is 104 Å². The predicted octanol–water partition coefficient (Wildman–Crippen LogP) is 2.34. The fourth-order valence-electron chi connectivity index (χ4n) is 2.76. The maximum absolute atomic E-state index is 5.17. The third-order valence-electron chi connectivity index (χ3n) is 3.82. The first kappa shape index (κ1) is 12.4. The van der Waals surface area contributed by atoms with Gasteiger partial charge in [-0.1, -0.05) is 13.3 Å². The van der Waals surface area contributed by atoms with Gasteiger partial charge in [0.15, 0.2) is 0 Å². The van der Waals surface area contributed by atoms with E-state index in [1.165, 1.54) is 31.2 Å². The number of methoxy groups -OCH3 is 1. The number of benzene rings is 1. The summed E-state index contributed by atoms with van der Waals surface area (Å²) in [6, 6.07) is 9.27. The molecule has 1 saturated carbocycles. The molecule has 0 bridgehead atoms. The molecule has 2 rings (SSSR count). The second kappa shape index (κ2) is 6.06. The van der Waals surface area contributed by atoms with E-state index in [0.717, 1.165) is 24.3 Å². The van der Waals surface area contributed by atoms with Gasteiger partial charge in [0.2, 0.25) is 0 Å². The Hall–Kier alpha value is -1.02. The zero-order chi connectivity index (χ0) is 12.1. The lowest BCUT2D eigenvalue weighted by molar-refractivity contribution is -0.707. The van der Waals surface area contributed by atoms with Gasteiger partial charge in [-0.15, -0.1) is 0 Å². The summed E-state index contributed by atoms with van der Waals surface area (Å²) in [5.74, 6) is 1.86. The highest BCUT2D eigenvalue weighted by Gasteiger charge is 2.20. The molecule has 2 atom stereocenters. The number of rotatable bonds is 4. The highest BCUT2D eigenvalue weighted by Crippen LogP contribution is 2.21. The third-order valence-corrected chi connectivity index (χ3v) is 3.82. The first-order valence-electron chi connectivity index (χ1n) is 6.74. The molecule has 0 heterocycles. The van der Waals surface area contributed by atoms with Gasteiger partial charge in [0.1, 0.15) is 12.3 Å². The van der Waals surface area contributed by atoms with E-state index in [1.807, 2.05) is 12.1 Å². The van der Waals surface area contributed by atoms with Crippen LogP contribution in [0, 0.1) is 5.92 Å². The van der Waals surface area contributed by atoms with E-state index in [9.17, 15) is 0 Å². The summed E-state index contributed by atoms with van der Waals surface area (Å²) in [6.45, 7) is 3.48. The Morgan fingerprint density at radius 3 is 2.65 bits per heavy atom. The summed E-state index contributed by atoms with van der Waals surface area (Å²) in [7, 11) is 1.71. The van der Waals surface area contributed by atoms with Crippen molar-refractivity contribution in [2.24, 2.45) is 5.92 Å². The molecule has 1 aromatic carbocycles. The van der Waals surface area contributed by atoms with Crippen molar-refractivity contribution >= 4 is 0 Å². The van der Waals surface area contributed by atoms with Crippen LogP contribution in [0.2, 0.25) is 0 Å². The maximum atomic E-state index is 5.17. The number of nitrogens with two attached hydrogens (primary N) is 1. The summed E-state index contributed by atoms with van der Waals surface area (Å²) < 4.78 is 5.17. The quantitative estimate of drug-likeness (QED) is 0.850. The standard InChI is InChI=1S/C15H23NO/c1-12-4-3-5-14(10-12)16-11-13-6-8-15(17-2)9-7-13/h6-9,12,14,16H,3-5,10-11H2,1-2H3/p+1/t12-,14-/m1/s1. The van der Waals surface area contributed by atoms with E-state index < -0.39 is 0 Å². The van der Waals surface area contributed by atoms with Crippen LogP contribution >= 0.6 is 0 Å². The van der Waals surface area contributed by atoms with Gasteiger partial charge in [0.05, 0.1) is 13.2 Å². The smallest absolute Gasteiger partial charge is 0.118 e. The molecular formula is C15H24NO+. The Morgan fingerprint density at radius 2 is 2.00 bits per heavy atom. The number of hydrogen-bond donors (Lipinski definition) is 1. The molecule has 0 radical (unpaired) electrons. The Balaban J connectivity index is 1.80.